The fourth-order valence-electron chi connectivity index (χ4n) is 2.38. The summed E-state index contributed by atoms with van der Waals surface area (Å²) >= 11 is 5.18. The lowest BCUT2D eigenvalue weighted by atomic mass is 10.2. The number of nitrogens with one attached hydrogen (secondary N) is 2. The zero-order valence-electron chi connectivity index (χ0n) is 10.8. The average Bonchev–Trinajstić information content (AvgIpc) is 3.02. The molecule has 102 valence electrons. The fraction of sp³-hybridized carbons (Fsp3) is 0.500. The Morgan fingerprint density at radius 1 is 1.26 bits per heavy atom. The zero-order valence-corrected chi connectivity index (χ0v) is 11.6. The molecule has 2 aliphatic rings. The van der Waals surface area contributed by atoms with Gasteiger partial charge in [0.05, 0.1) is 5.69 Å². The first kappa shape index (κ1) is 12.7. The van der Waals surface area contributed by atoms with Crippen LogP contribution in [0.4, 0.5) is 15.8 Å². The van der Waals surface area contributed by atoms with Gasteiger partial charge < -0.3 is 15.5 Å². The summed E-state index contributed by atoms with van der Waals surface area (Å²) in [5.74, 6) is -0.180. The molecule has 1 aromatic rings. The maximum atomic E-state index is 14.1. The lowest BCUT2D eigenvalue weighted by Crippen LogP contribution is -2.30. The normalized spacial score (nSPS) is 18.5. The first-order valence-corrected chi connectivity index (χ1v) is 7.25. The monoisotopic (exact) mass is 279 g/mol. The van der Waals surface area contributed by atoms with Crippen molar-refractivity contribution in [2.75, 3.05) is 23.3 Å². The fourth-order valence-corrected chi connectivity index (χ4v) is 2.66. The van der Waals surface area contributed by atoms with Crippen LogP contribution in [0.15, 0.2) is 18.2 Å². The number of benzene rings is 1. The summed E-state index contributed by atoms with van der Waals surface area (Å²) in [6, 6.07) is 5.75. The molecule has 1 aliphatic carbocycles. The van der Waals surface area contributed by atoms with Crippen LogP contribution in [-0.4, -0.2) is 24.2 Å². The van der Waals surface area contributed by atoms with Crippen LogP contribution in [0.1, 0.15) is 25.7 Å². The second-order valence-corrected chi connectivity index (χ2v) is 5.64. The maximum Gasteiger partial charge on any atom is 0.170 e. The number of thiocarbonyl (C=S) groups is 1. The number of rotatable bonds is 3. The Morgan fingerprint density at radius 2 is 2.00 bits per heavy atom. The minimum atomic E-state index is -0.180. The first-order valence-electron chi connectivity index (χ1n) is 6.84. The lowest BCUT2D eigenvalue weighted by molar-refractivity contribution is 0.624. The van der Waals surface area contributed by atoms with E-state index in [0.29, 0.717) is 22.5 Å². The van der Waals surface area contributed by atoms with E-state index >= 15 is 0 Å². The van der Waals surface area contributed by atoms with E-state index in [2.05, 4.69) is 15.5 Å². The molecular weight excluding hydrogens is 261 g/mol. The van der Waals surface area contributed by atoms with Crippen LogP contribution >= 0.6 is 12.2 Å². The first-order chi connectivity index (χ1) is 9.22. The maximum absolute atomic E-state index is 14.1. The molecule has 2 fully saturated rings. The summed E-state index contributed by atoms with van der Waals surface area (Å²) in [7, 11) is 0. The Balaban J connectivity index is 1.65. The second-order valence-electron chi connectivity index (χ2n) is 5.23. The molecule has 5 heteroatoms. The van der Waals surface area contributed by atoms with Crippen molar-refractivity contribution in [1.82, 2.24) is 5.32 Å². The Labute approximate surface area is 118 Å². The molecule has 0 bridgehead atoms. The van der Waals surface area contributed by atoms with Crippen molar-refractivity contribution in [3.05, 3.63) is 24.0 Å². The van der Waals surface area contributed by atoms with Crippen molar-refractivity contribution >= 4 is 28.7 Å². The molecule has 2 N–H and O–H groups in total. The zero-order chi connectivity index (χ0) is 13.2. The van der Waals surface area contributed by atoms with Gasteiger partial charge in [0.25, 0.3) is 0 Å². The molecule has 0 unspecified atom stereocenters. The third kappa shape index (κ3) is 3.15. The Morgan fingerprint density at radius 3 is 2.63 bits per heavy atom. The van der Waals surface area contributed by atoms with Gasteiger partial charge in [-0.05, 0) is 56.1 Å². The molecule has 0 radical (unpaired) electrons. The van der Waals surface area contributed by atoms with E-state index in [1.54, 1.807) is 0 Å². The van der Waals surface area contributed by atoms with Gasteiger partial charge in [-0.2, -0.15) is 0 Å². The smallest absolute Gasteiger partial charge is 0.170 e. The van der Waals surface area contributed by atoms with E-state index in [9.17, 15) is 4.39 Å². The van der Waals surface area contributed by atoms with E-state index in [-0.39, 0.29) is 5.82 Å². The highest BCUT2D eigenvalue weighted by Crippen LogP contribution is 2.26. The van der Waals surface area contributed by atoms with Crippen LogP contribution < -0.4 is 15.5 Å². The van der Waals surface area contributed by atoms with Crippen LogP contribution in [-0.2, 0) is 0 Å². The van der Waals surface area contributed by atoms with E-state index < -0.39 is 0 Å². The van der Waals surface area contributed by atoms with Crippen LogP contribution in [0.3, 0.4) is 0 Å². The number of hydrogen-bond acceptors (Lipinski definition) is 2. The highest BCUT2D eigenvalue weighted by Gasteiger charge is 2.22. The van der Waals surface area contributed by atoms with E-state index in [1.165, 1.54) is 18.9 Å². The van der Waals surface area contributed by atoms with Crippen molar-refractivity contribution in [1.29, 1.82) is 0 Å². The van der Waals surface area contributed by atoms with Gasteiger partial charge in [-0.15, -0.1) is 0 Å². The molecular formula is C14H18FN3S. The van der Waals surface area contributed by atoms with E-state index in [0.717, 1.165) is 25.9 Å². The second kappa shape index (κ2) is 5.33. The predicted octanol–water partition coefficient (Wildman–Crippen LogP) is 2.87. The predicted molar refractivity (Wildman–Crippen MR) is 80.2 cm³/mol. The summed E-state index contributed by atoms with van der Waals surface area (Å²) in [6.45, 7) is 1.90. The van der Waals surface area contributed by atoms with E-state index in [4.69, 9.17) is 12.2 Å². The Kier molecular flexibility index (Phi) is 3.55. The van der Waals surface area contributed by atoms with Crippen LogP contribution in [0.25, 0.3) is 0 Å². The molecule has 1 aliphatic heterocycles. The van der Waals surface area contributed by atoms with Gasteiger partial charge >= 0.3 is 0 Å². The van der Waals surface area contributed by atoms with Crippen molar-refractivity contribution in [3.63, 3.8) is 0 Å². The lowest BCUT2D eigenvalue weighted by Gasteiger charge is -2.19. The molecule has 1 saturated carbocycles. The molecule has 1 saturated heterocycles. The molecule has 19 heavy (non-hydrogen) atoms. The Hall–Kier alpha value is -1.36. The molecule has 0 aromatic heterocycles. The molecule has 1 heterocycles. The quantitative estimate of drug-likeness (QED) is 0.832. The molecule has 3 rings (SSSR count). The standard InChI is InChI=1S/C14H18FN3S/c15-12-9-11(17-14(19)16-10-3-4-10)5-6-13(12)18-7-1-2-8-18/h5-6,9-10H,1-4,7-8H2,(H2,16,17,19). The highest BCUT2D eigenvalue weighted by molar-refractivity contribution is 7.80. The minimum absolute atomic E-state index is 0.180. The SMILES string of the molecule is Fc1cc(NC(=S)NC2CC2)ccc1N1CCCC1. The average molecular weight is 279 g/mol. The molecule has 0 atom stereocenters. The number of nitrogens with zero attached hydrogens (tertiary/aromatic N) is 1. The summed E-state index contributed by atoms with van der Waals surface area (Å²) in [4.78, 5) is 2.10. The number of halogens is 1. The topological polar surface area (TPSA) is 27.3 Å². The van der Waals surface area contributed by atoms with Crippen LogP contribution in [0.2, 0.25) is 0 Å². The third-order valence-corrected chi connectivity index (χ3v) is 3.78. The molecule has 0 spiro atoms. The van der Waals surface area contributed by atoms with Gasteiger partial charge in [-0.3, -0.25) is 0 Å². The van der Waals surface area contributed by atoms with Crippen LogP contribution in [0, 0.1) is 5.82 Å². The van der Waals surface area contributed by atoms with Crippen molar-refractivity contribution < 1.29 is 4.39 Å². The minimum Gasteiger partial charge on any atom is -0.369 e. The van der Waals surface area contributed by atoms with Crippen molar-refractivity contribution in [3.8, 4) is 0 Å². The van der Waals surface area contributed by atoms with Crippen molar-refractivity contribution in [2.45, 2.75) is 31.7 Å². The third-order valence-electron chi connectivity index (χ3n) is 3.56. The van der Waals surface area contributed by atoms with Crippen LogP contribution in [0.5, 0.6) is 0 Å². The highest BCUT2D eigenvalue weighted by atomic mass is 32.1. The number of hydrogen-bond donors (Lipinski definition) is 2. The number of anilines is 2. The molecule has 1 aromatic carbocycles. The van der Waals surface area contributed by atoms with Gasteiger partial charge in [0.1, 0.15) is 5.82 Å². The Bertz CT molecular complexity index is 482. The largest absolute Gasteiger partial charge is 0.369 e. The van der Waals surface area contributed by atoms with Crippen molar-refractivity contribution in [2.24, 2.45) is 0 Å². The summed E-state index contributed by atoms with van der Waals surface area (Å²) < 4.78 is 14.1. The summed E-state index contributed by atoms with van der Waals surface area (Å²) in [5.41, 5.74) is 1.41. The van der Waals surface area contributed by atoms with Gasteiger partial charge in [0.2, 0.25) is 0 Å². The van der Waals surface area contributed by atoms with E-state index in [1.807, 2.05) is 12.1 Å². The van der Waals surface area contributed by atoms with Gasteiger partial charge in [-0.1, -0.05) is 0 Å². The van der Waals surface area contributed by atoms with Gasteiger partial charge in [0, 0.05) is 24.8 Å². The molecule has 0 amide bonds. The summed E-state index contributed by atoms with van der Waals surface area (Å²) in [6.07, 6.45) is 4.64. The molecule has 3 nitrogen and oxygen atoms in total. The van der Waals surface area contributed by atoms with Gasteiger partial charge in [0.15, 0.2) is 5.11 Å². The summed E-state index contributed by atoms with van der Waals surface area (Å²) in [5, 5.41) is 6.79. The van der Waals surface area contributed by atoms with Gasteiger partial charge in [-0.25, -0.2) is 4.39 Å².